The van der Waals surface area contributed by atoms with Gasteiger partial charge in [0.1, 0.15) is 0 Å². The maximum Gasteiger partial charge on any atom is 0.0899 e. The fourth-order valence-corrected chi connectivity index (χ4v) is 3.77. The number of aromatic amines is 1. The molecule has 0 unspecified atom stereocenters. The summed E-state index contributed by atoms with van der Waals surface area (Å²) in [4.78, 5) is 3.34. The molecule has 0 radical (unpaired) electrons. The standard InChI is InChI=1S/C22H18BrNO/c23-17-11-12-20-18(13-17)19(14-24-20)21(15-7-3-1-4-8-15)22(25)16-9-5-2-6-10-16/h1-14,21-22,24-25H/t21-,22-/m0/s1. The van der Waals surface area contributed by atoms with Gasteiger partial charge in [-0.25, -0.2) is 0 Å². The van der Waals surface area contributed by atoms with Crippen LogP contribution in [0.15, 0.2) is 89.5 Å². The van der Waals surface area contributed by atoms with Crippen molar-refractivity contribution < 1.29 is 5.11 Å². The summed E-state index contributed by atoms with van der Waals surface area (Å²) in [5, 5.41) is 12.3. The number of nitrogens with one attached hydrogen (secondary N) is 1. The van der Waals surface area contributed by atoms with E-state index in [1.165, 1.54) is 0 Å². The van der Waals surface area contributed by atoms with Crippen molar-refractivity contribution in [1.82, 2.24) is 4.98 Å². The van der Waals surface area contributed by atoms with Gasteiger partial charge in [-0.1, -0.05) is 76.6 Å². The molecule has 2 N–H and O–H groups in total. The first-order valence-corrected chi connectivity index (χ1v) is 9.08. The smallest absolute Gasteiger partial charge is 0.0899 e. The van der Waals surface area contributed by atoms with Crippen LogP contribution in [0.5, 0.6) is 0 Å². The third kappa shape index (κ3) is 3.13. The minimum Gasteiger partial charge on any atom is -0.387 e. The number of fused-ring (bicyclic) bond motifs is 1. The number of H-pyrrole nitrogens is 1. The molecule has 1 heterocycles. The van der Waals surface area contributed by atoms with E-state index in [0.29, 0.717) is 0 Å². The lowest BCUT2D eigenvalue weighted by atomic mass is 9.83. The van der Waals surface area contributed by atoms with Crippen LogP contribution in [0.2, 0.25) is 0 Å². The van der Waals surface area contributed by atoms with Crippen molar-refractivity contribution in [1.29, 1.82) is 0 Å². The number of benzene rings is 3. The zero-order chi connectivity index (χ0) is 17.2. The molecule has 3 aromatic carbocycles. The van der Waals surface area contributed by atoms with Crippen LogP contribution in [0.1, 0.15) is 28.7 Å². The summed E-state index contributed by atoms with van der Waals surface area (Å²) in [7, 11) is 0. The molecule has 124 valence electrons. The van der Waals surface area contributed by atoms with Crippen LogP contribution in [-0.4, -0.2) is 10.1 Å². The number of rotatable bonds is 4. The van der Waals surface area contributed by atoms with E-state index < -0.39 is 6.10 Å². The van der Waals surface area contributed by atoms with Crippen LogP contribution in [0.4, 0.5) is 0 Å². The van der Waals surface area contributed by atoms with E-state index in [4.69, 9.17) is 0 Å². The van der Waals surface area contributed by atoms with Gasteiger partial charge < -0.3 is 10.1 Å². The highest BCUT2D eigenvalue weighted by molar-refractivity contribution is 9.10. The maximum absolute atomic E-state index is 11.2. The lowest BCUT2D eigenvalue weighted by molar-refractivity contribution is 0.159. The molecule has 25 heavy (non-hydrogen) atoms. The summed E-state index contributed by atoms with van der Waals surface area (Å²) in [6.45, 7) is 0. The maximum atomic E-state index is 11.2. The Morgan fingerprint density at radius 1 is 0.800 bits per heavy atom. The number of halogens is 1. The van der Waals surface area contributed by atoms with Crippen LogP contribution < -0.4 is 0 Å². The van der Waals surface area contributed by atoms with Gasteiger partial charge in [-0.3, -0.25) is 0 Å². The predicted molar refractivity (Wildman–Crippen MR) is 106 cm³/mol. The van der Waals surface area contributed by atoms with Gasteiger partial charge in [0, 0.05) is 27.5 Å². The highest BCUT2D eigenvalue weighted by Crippen LogP contribution is 2.40. The van der Waals surface area contributed by atoms with E-state index in [9.17, 15) is 5.11 Å². The van der Waals surface area contributed by atoms with E-state index in [0.717, 1.165) is 32.1 Å². The molecule has 4 aromatic rings. The zero-order valence-electron chi connectivity index (χ0n) is 13.6. The summed E-state index contributed by atoms with van der Waals surface area (Å²) < 4.78 is 1.03. The second kappa shape index (κ2) is 6.87. The summed E-state index contributed by atoms with van der Waals surface area (Å²) in [6, 6.07) is 26.2. The molecule has 0 aliphatic rings. The van der Waals surface area contributed by atoms with Crippen LogP contribution in [0, 0.1) is 0 Å². The SMILES string of the molecule is O[C@@H](c1ccccc1)[C@@H](c1ccccc1)c1c[nH]c2ccc(Br)cc12. The molecule has 3 heteroatoms. The van der Waals surface area contributed by atoms with Gasteiger partial charge in [0.15, 0.2) is 0 Å². The molecule has 2 atom stereocenters. The molecule has 1 aromatic heterocycles. The highest BCUT2D eigenvalue weighted by atomic mass is 79.9. The highest BCUT2D eigenvalue weighted by Gasteiger charge is 2.26. The molecule has 4 rings (SSSR count). The monoisotopic (exact) mass is 391 g/mol. The van der Waals surface area contributed by atoms with Gasteiger partial charge in [0.05, 0.1) is 6.10 Å². The second-order valence-electron chi connectivity index (χ2n) is 6.18. The van der Waals surface area contributed by atoms with Crippen molar-refractivity contribution in [3.63, 3.8) is 0 Å². The molecule has 0 aliphatic heterocycles. The Morgan fingerprint density at radius 2 is 1.44 bits per heavy atom. The van der Waals surface area contributed by atoms with Gasteiger partial charge >= 0.3 is 0 Å². The number of aliphatic hydroxyl groups excluding tert-OH is 1. The predicted octanol–water partition coefficient (Wildman–Crippen LogP) is 5.80. The molecule has 0 bridgehead atoms. The molecule has 0 amide bonds. The lowest BCUT2D eigenvalue weighted by Crippen LogP contribution is -2.12. The largest absolute Gasteiger partial charge is 0.387 e. The molecule has 2 nitrogen and oxygen atoms in total. The Hall–Kier alpha value is -2.36. The molecular formula is C22H18BrNO. The van der Waals surface area contributed by atoms with E-state index in [1.54, 1.807) is 0 Å². The summed E-state index contributed by atoms with van der Waals surface area (Å²) in [5.74, 6) is -0.147. The van der Waals surface area contributed by atoms with Gasteiger partial charge in [0.2, 0.25) is 0 Å². The Balaban J connectivity index is 1.90. The average molecular weight is 392 g/mol. The summed E-state index contributed by atoms with van der Waals surface area (Å²) >= 11 is 3.56. The summed E-state index contributed by atoms with van der Waals surface area (Å²) in [6.07, 6.45) is 1.39. The molecule has 0 fully saturated rings. The normalized spacial score (nSPS) is 13.7. The van der Waals surface area contributed by atoms with E-state index >= 15 is 0 Å². The molecule has 0 aliphatic carbocycles. The first-order valence-electron chi connectivity index (χ1n) is 8.28. The van der Waals surface area contributed by atoms with E-state index in [1.807, 2.05) is 60.8 Å². The van der Waals surface area contributed by atoms with Crippen molar-refractivity contribution in [3.05, 3.63) is 106 Å². The summed E-state index contributed by atoms with van der Waals surface area (Å²) in [5.41, 5.74) is 4.18. The first-order chi connectivity index (χ1) is 12.2. The first kappa shape index (κ1) is 16.1. The van der Waals surface area contributed by atoms with Crippen LogP contribution >= 0.6 is 15.9 Å². The number of aromatic nitrogens is 1. The lowest BCUT2D eigenvalue weighted by Gasteiger charge is -2.24. The molecule has 0 saturated carbocycles. The molecule has 0 saturated heterocycles. The van der Waals surface area contributed by atoms with E-state index in [-0.39, 0.29) is 5.92 Å². The molecule has 0 spiro atoms. The third-order valence-corrected chi connectivity index (χ3v) is 5.12. The fraction of sp³-hybridized carbons (Fsp3) is 0.0909. The van der Waals surface area contributed by atoms with Crippen LogP contribution in [0.3, 0.4) is 0 Å². The Bertz CT molecular complexity index is 979. The topological polar surface area (TPSA) is 36.0 Å². The van der Waals surface area contributed by atoms with Crippen molar-refractivity contribution in [2.24, 2.45) is 0 Å². The quantitative estimate of drug-likeness (QED) is 0.453. The van der Waals surface area contributed by atoms with E-state index in [2.05, 4.69) is 45.2 Å². The third-order valence-electron chi connectivity index (χ3n) is 4.63. The Kier molecular flexibility index (Phi) is 4.43. The molecular weight excluding hydrogens is 374 g/mol. The van der Waals surface area contributed by atoms with Crippen molar-refractivity contribution >= 4 is 26.8 Å². The minimum absolute atomic E-state index is 0.147. The van der Waals surface area contributed by atoms with Gasteiger partial charge in [-0.15, -0.1) is 0 Å². The Labute approximate surface area is 155 Å². The fourth-order valence-electron chi connectivity index (χ4n) is 3.41. The average Bonchev–Trinajstić information content (AvgIpc) is 3.06. The van der Waals surface area contributed by atoms with Crippen molar-refractivity contribution in [2.75, 3.05) is 0 Å². The minimum atomic E-state index is -0.624. The number of hydrogen-bond donors (Lipinski definition) is 2. The Morgan fingerprint density at radius 3 is 2.12 bits per heavy atom. The number of hydrogen-bond acceptors (Lipinski definition) is 1. The van der Waals surface area contributed by atoms with Gasteiger partial charge in [-0.2, -0.15) is 0 Å². The van der Waals surface area contributed by atoms with Gasteiger partial charge in [-0.05, 0) is 34.9 Å². The zero-order valence-corrected chi connectivity index (χ0v) is 15.1. The van der Waals surface area contributed by atoms with Crippen molar-refractivity contribution in [2.45, 2.75) is 12.0 Å². The van der Waals surface area contributed by atoms with Crippen molar-refractivity contribution in [3.8, 4) is 0 Å². The second-order valence-corrected chi connectivity index (χ2v) is 7.09. The van der Waals surface area contributed by atoms with Gasteiger partial charge in [0.25, 0.3) is 0 Å². The number of aliphatic hydroxyl groups is 1. The van der Waals surface area contributed by atoms with Crippen LogP contribution in [-0.2, 0) is 0 Å². The van der Waals surface area contributed by atoms with Crippen LogP contribution in [0.25, 0.3) is 10.9 Å².